The molecule has 3 heterocycles. The third-order valence-electron chi connectivity index (χ3n) is 14.8. The Bertz CT molecular complexity index is 3870. The number of fused-ring (bicyclic) bond motifs is 13. The first-order chi connectivity index (χ1) is 33.0. The lowest BCUT2D eigenvalue weighted by atomic mass is 9.81. The molecule has 2 atom stereocenters. The third-order valence-corrected chi connectivity index (χ3v) is 16.2. The van der Waals surface area contributed by atoms with E-state index in [2.05, 4.69) is 252 Å². The van der Waals surface area contributed by atoms with Crippen LogP contribution in [-0.2, 0) is 5.41 Å². The van der Waals surface area contributed by atoms with Gasteiger partial charge in [0.05, 0.1) is 22.1 Å². The van der Waals surface area contributed by atoms with Crippen LogP contribution in [0.25, 0.3) is 77.2 Å². The van der Waals surface area contributed by atoms with Crippen molar-refractivity contribution in [2.45, 2.75) is 35.3 Å². The number of hydrogen-bond acceptors (Lipinski definition) is 2. The highest BCUT2D eigenvalue weighted by Crippen LogP contribution is 2.55. The SMILES string of the molecule is CC1(C)c2cc(N(c3ccc(-c4cccc5c4SC4C=CC=CC54)cc3)c3ccc4c(c3)c3ccccc3n4-c3ccccc3)ccc2-c2ccc3c4ccccc4n(-c4ccccc4)c3c21. The van der Waals surface area contributed by atoms with Crippen molar-refractivity contribution in [2.75, 3.05) is 4.90 Å². The minimum Gasteiger partial charge on any atom is -0.310 e. The highest BCUT2D eigenvalue weighted by atomic mass is 32.2. The molecule has 318 valence electrons. The monoisotopic (exact) mass is 875 g/mol. The van der Waals surface area contributed by atoms with E-state index in [1.807, 2.05) is 11.8 Å². The van der Waals surface area contributed by atoms with E-state index in [1.54, 1.807) is 0 Å². The molecular weight excluding hydrogens is 831 g/mol. The smallest absolute Gasteiger partial charge is 0.0588 e. The van der Waals surface area contributed by atoms with Crippen LogP contribution in [0, 0.1) is 0 Å². The van der Waals surface area contributed by atoms with Crippen molar-refractivity contribution in [3.63, 3.8) is 0 Å². The van der Waals surface area contributed by atoms with Gasteiger partial charge in [0, 0.05) is 71.5 Å². The van der Waals surface area contributed by atoms with Crippen molar-refractivity contribution in [2.24, 2.45) is 0 Å². The lowest BCUT2D eigenvalue weighted by molar-refractivity contribution is 0.664. The van der Waals surface area contributed by atoms with Crippen LogP contribution in [0.5, 0.6) is 0 Å². The van der Waals surface area contributed by atoms with Crippen molar-refractivity contribution in [1.82, 2.24) is 9.13 Å². The van der Waals surface area contributed by atoms with Gasteiger partial charge in [0.1, 0.15) is 0 Å². The normalized spacial score (nSPS) is 16.4. The summed E-state index contributed by atoms with van der Waals surface area (Å²) in [6.07, 6.45) is 9.12. The van der Waals surface area contributed by atoms with Gasteiger partial charge < -0.3 is 14.0 Å². The molecule has 0 saturated carbocycles. The van der Waals surface area contributed by atoms with Crippen molar-refractivity contribution in [3.8, 4) is 33.6 Å². The number of thioether (sulfide) groups is 1. The zero-order valence-electron chi connectivity index (χ0n) is 37.3. The summed E-state index contributed by atoms with van der Waals surface area (Å²) in [7, 11) is 0. The molecule has 1 aliphatic heterocycles. The summed E-state index contributed by atoms with van der Waals surface area (Å²) in [5.74, 6) is 0.426. The van der Waals surface area contributed by atoms with E-state index in [0.717, 1.165) is 22.7 Å². The molecule has 0 amide bonds. The highest BCUT2D eigenvalue weighted by Gasteiger charge is 2.39. The summed E-state index contributed by atoms with van der Waals surface area (Å²) in [6, 6.07) is 74.5. The van der Waals surface area contributed by atoms with E-state index in [1.165, 1.54) is 93.1 Å². The van der Waals surface area contributed by atoms with Gasteiger partial charge in [-0.15, -0.1) is 11.8 Å². The Kier molecular flexibility index (Phi) is 8.39. The van der Waals surface area contributed by atoms with Crippen LogP contribution < -0.4 is 4.90 Å². The molecule has 0 bridgehead atoms. The number of hydrogen-bond donors (Lipinski definition) is 0. The maximum absolute atomic E-state index is 2.49. The minimum absolute atomic E-state index is 0.295. The van der Waals surface area contributed by atoms with Crippen LogP contribution in [0.4, 0.5) is 17.1 Å². The topological polar surface area (TPSA) is 13.1 Å². The van der Waals surface area contributed by atoms with Crippen LogP contribution >= 0.6 is 11.8 Å². The third kappa shape index (κ3) is 5.66. The van der Waals surface area contributed by atoms with E-state index in [-0.39, 0.29) is 5.41 Å². The maximum Gasteiger partial charge on any atom is 0.0588 e. The number of allylic oxidation sites excluding steroid dienone is 3. The first-order valence-corrected chi connectivity index (χ1v) is 24.3. The molecule has 2 aromatic heterocycles. The molecule has 11 aromatic rings. The van der Waals surface area contributed by atoms with Gasteiger partial charge in [-0.3, -0.25) is 0 Å². The van der Waals surface area contributed by atoms with Crippen molar-refractivity contribution < 1.29 is 0 Å². The van der Waals surface area contributed by atoms with E-state index in [4.69, 9.17) is 0 Å². The van der Waals surface area contributed by atoms with Gasteiger partial charge in [-0.2, -0.15) is 0 Å². The van der Waals surface area contributed by atoms with Crippen LogP contribution in [0.3, 0.4) is 0 Å². The van der Waals surface area contributed by atoms with Crippen LogP contribution in [0.2, 0.25) is 0 Å². The number of rotatable bonds is 6. The molecule has 0 fully saturated rings. The molecule has 0 N–H and O–H groups in total. The Labute approximate surface area is 394 Å². The van der Waals surface area contributed by atoms with E-state index < -0.39 is 0 Å². The number of aromatic nitrogens is 2. The van der Waals surface area contributed by atoms with Gasteiger partial charge >= 0.3 is 0 Å². The van der Waals surface area contributed by atoms with Crippen molar-refractivity contribution in [3.05, 3.63) is 241 Å². The number of anilines is 3. The molecule has 2 aliphatic carbocycles. The summed E-state index contributed by atoms with van der Waals surface area (Å²) in [4.78, 5) is 3.88. The number of para-hydroxylation sites is 4. The summed E-state index contributed by atoms with van der Waals surface area (Å²) in [6.45, 7) is 4.85. The van der Waals surface area contributed by atoms with Gasteiger partial charge in [-0.25, -0.2) is 0 Å². The summed E-state index contributed by atoms with van der Waals surface area (Å²) < 4.78 is 4.89. The molecule has 67 heavy (non-hydrogen) atoms. The minimum atomic E-state index is -0.295. The summed E-state index contributed by atoms with van der Waals surface area (Å²) >= 11 is 2.00. The first-order valence-electron chi connectivity index (χ1n) is 23.4. The second-order valence-corrected chi connectivity index (χ2v) is 20.0. The van der Waals surface area contributed by atoms with Crippen LogP contribution in [-0.4, -0.2) is 14.4 Å². The zero-order valence-corrected chi connectivity index (χ0v) is 38.1. The Morgan fingerprint density at radius 3 is 1.85 bits per heavy atom. The highest BCUT2D eigenvalue weighted by molar-refractivity contribution is 8.00. The second kappa shape index (κ2) is 14.6. The molecule has 3 nitrogen and oxygen atoms in total. The molecule has 2 unspecified atom stereocenters. The Morgan fingerprint density at radius 1 is 0.463 bits per heavy atom. The Balaban J connectivity index is 0.951. The van der Waals surface area contributed by atoms with Crippen LogP contribution in [0.1, 0.15) is 36.5 Å². The quantitative estimate of drug-likeness (QED) is 0.165. The molecule has 9 aromatic carbocycles. The molecule has 14 rings (SSSR count). The summed E-state index contributed by atoms with van der Waals surface area (Å²) in [5.41, 5.74) is 19.6. The summed E-state index contributed by atoms with van der Waals surface area (Å²) in [5, 5.41) is 5.48. The standard InChI is InChI=1S/C63H45N3S/c1-63(2)55-39-45(32-34-47(55)51-35-36-52-48-20-9-13-26-57(48)66(61(52)60(51)63)42-18-7-4-8-19-42)64(43-30-28-40(29-31-43)46-23-15-24-53-50-22-11-14-27-59(50)67-62(46)53)44-33-37-58-54(38-44)49-21-10-12-25-56(49)65(58)41-16-5-3-6-17-41/h3-39,50,59H,1-2H3. The molecule has 4 heteroatoms. The van der Waals surface area contributed by atoms with Gasteiger partial charge in [0.2, 0.25) is 0 Å². The Morgan fingerprint density at radius 2 is 1.07 bits per heavy atom. The van der Waals surface area contributed by atoms with Crippen molar-refractivity contribution >= 4 is 72.4 Å². The predicted molar refractivity (Wildman–Crippen MR) is 283 cm³/mol. The molecule has 0 radical (unpaired) electrons. The maximum atomic E-state index is 2.49. The predicted octanol–water partition coefficient (Wildman–Crippen LogP) is 17.0. The van der Waals surface area contributed by atoms with E-state index >= 15 is 0 Å². The fraction of sp³-hybridized carbons (Fsp3) is 0.0794. The molecule has 0 spiro atoms. The van der Waals surface area contributed by atoms with Gasteiger partial charge in [-0.1, -0.05) is 159 Å². The Hall–Kier alpha value is -7.79. The molecule has 0 saturated heterocycles. The largest absolute Gasteiger partial charge is 0.310 e. The van der Waals surface area contributed by atoms with Crippen LogP contribution in [0.15, 0.2) is 229 Å². The lowest BCUT2D eigenvalue weighted by Crippen LogP contribution is -2.18. The van der Waals surface area contributed by atoms with Gasteiger partial charge in [0.15, 0.2) is 0 Å². The number of nitrogens with zero attached hydrogens (tertiary/aromatic N) is 3. The van der Waals surface area contributed by atoms with Gasteiger partial charge in [-0.05, 0) is 118 Å². The number of benzene rings is 9. The first kappa shape index (κ1) is 38.5. The lowest BCUT2D eigenvalue weighted by Gasteiger charge is -2.29. The average Bonchev–Trinajstić information content (AvgIpc) is 4.10. The zero-order chi connectivity index (χ0) is 44.4. The molecule has 3 aliphatic rings. The van der Waals surface area contributed by atoms with Gasteiger partial charge in [0.25, 0.3) is 0 Å². The fourth-order valence-corrected chi connectivity index (χ4v) is 13.3. The average molecular weight is 876 g/mol. The fourth-order valence-electron chi connectivity index (χ4n) is 11.8. The van der Waals surface area contributed by atoms with E-state index in [9.17, 15) is 0 Å². The second-order valence-electron chi connectivity index (χ2n) is 18.8. The molecular formula is C63H45N3S. The van der Waals surface area contributed by atoms with E-state index in [0.29, 0.717) is 11.2 Å². The van der Waals surface area contributed by atoms with Crippen molar-refractivity contribution in [1.29, 1.82) is 0 Å².